The summed E-state index contributed by atoms with van der Waals surface area (Å²) in [6.45, 7) is 6.41. The standard InChI is InChI=1S/C13H20N2OS/c1-3-11-10-6-8-17-12(10)5-7-15(11)9-13(16)14-4-2/h6,8,11H,3-5,7,9H2,1-2H3,(H,14,16)/t11-/m1/s1. The lowest BCUT2D eigenvalue weighted by atomic mass is 9.98. The van der Waals surface area contributed by atoms with E-state index in [-0.39, 0.29) is 5.91 Å². The van der Waals surface area contributed by atoms with E-state index in [4.69, 9.17) is 0 Å². The van der Waals surface area contributed by atoms with Gasteiger partial charge in [0.1, 0.15) is 0 Å². The van der Waals surface area contributed by atoms with Crippen LogP contribution >= 0.6 is 11.3 Å². The third-order valence-corrected chi connectivity index (χ3v) is 4.31. The first kappa shape index (κ1) is 12.6. The molecule has 17 heavy (non-hydrogen) atoms. The number of likely N-dealkylation sites (N-methyl/N-ethyl adjacent to an activating group) is 1. The average Bonchev–Trinajstić information content (AvgIpc) is 2.77. The van der Waals surface area contributed by atoms with E-state index in [0.29, 0.717) is 19.1 Å². The fourth-order valence-electron chi connectivity index (χ4n) is 2.55. The highest BCUT2D eigenvalue weighted by atomic mass is 32.1. The summed E-state index contributed by atoms with van der Waals surface area (Å²) in [5.41, 5.74) is 1.44. The van der Waals surface area contributed by atoms with Gasteiger partial charge in [0, 0.05) is 24.0 Å². The zero-order valence-electron chi connectivity index (χ0n) is 10.5. The topological polar surface area (TPSA) is 32.3 Å². The van der Waals surface area contributed by atoms with Crippen molar-refractivity contribution in [3.8, 4) is 0 Å². The summed E-state index contributed by atoms with van der Waals surface area (Å²) < 4.78 is 0. The molecule has 0 fully saturated rings. The molecule has 1 aliphatic heterocycles. The second kappa shape index (κ2) is 5.65. The molecule has 4 heteroatoms. The maximum atomic E-state index is 11.7. The minimum absolute atomic E-state index is 0.143. The normalized spacial score (nSPS) is 20.0. The number of amides is 1. The number of carbonyl (C=O) groups excluding carboxylic acids is 1. The molecule has 3 nitrogen and oxygen atoms in total. The molecule has 0 spiro atoms. The predicted molar refractivity (Wildman–Crippen MR) is 71.3 cm³/mol. The van der Waals surface area contributed by atoms with Gasteiger partial charge in [-0.3, -0.25) is 9.69 Å². The molecule has 2 rings (SSSR count). The Labute approximate surface area is 107 Å². The average molecular weight is 252 g/mol. The Morgan fingerprint density at radius 2 is 2.41 bits per heavy atom. The number of nitrogens with zero attached hydrogens (tertiary/aromatic N) is 1. The molecule has 1 amide bonds. The second-order valence-corrected chi connectivity index (χ2v) is 5.40. The van der Waals surface area contributed by atoms with Gasteiger partial charge in [-0.15, -0.1) is 11.3 Å². The van der Waals surface area contributed by atoms with Crippen molar-refractivity contribution in [3.63, 3.8) is 0 Å². The van der Waals surface area contributed by atoms with E-state index in [9.17, 15) is 4.79 Å². The highest BCUT2D eigenvalue weighted by molar-refractivity contribution is 7.10. The fraction of sp³-hybridized carbons (Fsp3) is 0.615. The Balaban J connectivity index is 2.07. The minimum atomic E-state index is 0.143. The molecule has 2 heterocycles. The molecular weight excluding hydrogens is 232 g/mol. The zero-order chi connectivity index (χ0) is 12.3. The molecule has 1 aliphatic rings. The first-order chi connectivity index (χ1) is 8.26. The fourth-order valence-corrected chi connectivity index (χ4v) is 3.48. The van der Waals surface area contributed by atoms with E-state index in [1.165, 1.54) is 10.4 Å². The predicted octanol–water partition coefficient (Wildman–Crippen LogP) is 2.19. The quantitative estimate of drug-likeness (QED) is 0.891. The van der Waals surface area contributed by atoms with Gasteiger partial charge in [-0.05, 0) is 36.8 Å². The largest absolute Gasteiger partial charge is 0.355 e. The van der Waals surface area contributed by atoms with E-state index < -0.39 is 0 Å². The smallest absolute Gasteiger partial charge is 0.234 e. The van der Waals surface area contributed by atoms with Crippen LogP contribution in [-0.4, -0.2) is 30.4 Å². The van der Waals surface area contributed by atoms with Crippen LogP contribution in [0.15, 0.2) is 11.4 Å². The molecule has 1 atom stereocenters. The van der Waals surface area contributed by atoms with Gasteiger partial charge in [0.2, 0.25) is 5.91 Å². The lowest BCUT2D eigenvalue weighted by Gasteiger charge is -2.34. The lowest BCUT2D eigenvalue weighted by Crippen LogP contribution is -2.42. The summed E-state index contributed by atoms with van der Waals surface area (Å²) in [5.74, 6) is 0.143. The molecule has 0 bridgehead atoms. The SMILES string of the molecule is CCNC(=O)CN1CCc2sccc2[C@H]1CC. The molecule has 0 radical (unpaired) electrons. The van der Waals surface area contributed by atoms with E-state index in [0.717, 1.165) is 19.4 Å². The number of rotatable bonds is 4. The van der Waals surface area contributed by atoms with Crippen molar-refractivity contribution in [1.29, 1.82) is 0 Å². The molecule has 94 valence electrons. The molecule has 1 aromatic rings. The highest BCUT2D eigenvalue weighted by Gasteiger charge is 2.27. The Morgan fingerprint density at radius 3 is 3.12 bits per heavy atom. The third kappa shape index (κ3) is 2.69. The number of thiophene rings is 1. The molecule has 1 N–H and O–H groups in total. The maximum Gasteiger partial charge on any atom is 0.234 e. The van der Waals surface area contributed by atoms with Crippen LogP contribution in [0.3, 0.4) is 0 Å². The van der Waals surface area contributed by atoms with Crippen LogP contribution in [-0.2, 0) is 11.2 Å². The number of carbonyl (C=O) groups is 1. The minimum Gasteiger partial charge on any atom is -0.355 e. The van der Waals surface area contributed by atoms with Crippen molar-refractivity contribution in [2.75, 3.05) is 19.6 Å². The number of hydrogen-bond acceptors (Lipinski definition) is 3. The van der Waals surface area contributed by atoms with Gasteiger partial charge in [-0.1, -0.05) is 6.92 Å². The van der Waals surface area contributed by atoms with Gasteiger partial charge in [0.05, 0.1) is 6.54 Å². The first-order valence-electron chi connectivity index (χ1n) is 6.33. The van der Waals surface area contributed by atoms with Crippen LogP contribution in [0.4, 0.5) is 0 Å². The van der Waals surface area contributed by atoms with E-state index in [2.05, 4.69) is 28.6 Å². The van der Waals surface area contributed by atoms with Gasteiger partial charge in [0.15, 0.2) is 0 Å². The lowest BCUT2D eigenvalue weighted by molar-refractivity contribution is -0.122. The van der Waals surface area contributed by atoms with Gasteiger partial charge < -0.3 is 5.32 Å². The molecule has 0 saturated heterocycles. The highest BCUT2D eigenvalue weighted by Crippen LogP contribution is 2.34. The van der Waals surface area contributed by atoms with Crippen LogP contribution in [0.5, 0.6) is 0 Å². The maximum absolute atomic E-state index is 11.7. The Hall–Kier alpha value is -0.870. The molecule has 0 aromatic carbocycles. The Bertz CT molecular complexity index is 389. The number of fused-ring (bicyclic) bond motifs is 1. The van der Waals surface area contributed by atoms with Crippen LogP contribution in [0.2, 0.25) is 0 Å². The van der Waals surface area contributed by atoms with E-state index in [1.807, 2.05) is 18.3 Å². The number of nitrogens with one attached hydrogen (secondary N) is 1. The van der Waals surface area contributed by atoms with Gasteiger partial charge in [0.25, 0.3) is 0 Å². The number of hydrogen-bond donors (Lipinski definition) is 1. The molecule has 0 aliphatic carbocycles. The van der Waals surface area contributed by atoms with Gasteiger partial charge in [-0.2, -0.15) is 0 Å². The summed E-state index contributed by atoms with van der Waals surface area (Å²) in [6, 6.07) is 2.64. The van der Waals surface area contributed by atoms with Crippen LogP contribution < -0.4 is 5.32 Å². The third-order valence-electron chi connectivity index (χ3n) is 3.31. The monoisotopic (exact) mass is 252 g/mol. The van der Waals surface area contributed by atoms with E-state index >= 15 is 0 Å². The molecule has 0 saturated carbocycles. The summed E-state index contributed by atoms with van der Waals surface area (Å²) in [5, 5.41) is 5.05. The van der Waals surface area contributed by atoms with E-state index in [1.54, 1.807) is 0 Å². The second-order valence-electron chi connectivity index (χ2n) is 4.40. The van der Waals surface area contributed by atoms with Gasteiger partial charge in [-0.25, -0.2) is 0 Å². The Kier molecular flexibility index (Phi) is 4.18. The summed E-state index contributed by atoms with van der Waals surface area (Å²) in [7, 11) is 0. The summed E-state index contributed by atoms with van der Waals surface area (Å²) in [4.78, 5) is 15.5. The summed E-state index contributed by atoms with van der Waals surface area (Å²) >= 11 is 1.85. The molecule has 0 unspecified atom stereocenters. The van der Waals surface area contributed by atoms with Crippen molar-refractivity contribution in [1.82, 2.24) is 10.2 Å². The zero-order valence-corrected chi connectivity index (χ0v) is 11.3. The molecular formula is C13H20N2OS. The van der Waals surface area contributed by atoms with Gasteiger partial charge >= 0.3 is 0 Å². The summed E-state index contributed by atoms with van der Waals surface area (Å²) in [6.07, 6.45) is 2.16. The van der Waals surface area contributed by atoms with Crippen molar-refractivity contribution in [2.45, 2.75) is 32.7 Å². The van der Waals surface area contributed by atoms with Crippen molar-refractivity contribution in [3.05, 3.63) is 21.9 Å². The van der Waals surface area contributed by atoms with Crippen LogP contribution in [0, 0.1) is 0 Å². The first-order valence-corrected chi connectivity index (χ1v) is 7.21. The Morgan fingerprint density at radius 1 is 1.59 bits per heavy atom. The van der Waals surface area contributed by atoms with Crippen molar-refractivity contribution in [2.24, 2.45) is 0 Å². The molecule has 1 aromatic heterocycles. The van der Waals surface area contributed by atoms with Crippen molar-refractivity contribution >= 4 is 17.2 Å². The van der Waals surface area contributed by atoms with Crippen LogP contribution in [0.25, 0.3) is 0 Å². The van der Waals surface area contributed by atoms with Crippen molar-refractivity contribution < 1.29 is 4.79 Å². The van der Waals surface area contributed by atoms with Crippen LogP contribution in [0.1, 0.15) is 36.8 Å².